The van der Waals surface area contributed by atoms with Crippen molar-refractivity contribution >= 4 is 0 Å². The highest BCUT2D eigenvalue weighted by atomic mass is 16.7. The number of ether oxygens (including phenoxy) is 4. The van der Waals surface area contributed by atoms with Crippen molar-refractivity contribution in [1.29, 1.82) is 0 Å². The van der Waals surface area contributed by atoms with Gasteiger partial charge in [0.1, 0.15) is 12.2 Å². The predicted molar refractivity (Wildman–Crippen MR) is 135 cm³/mol. The number of hydrogen-bond acceptors (Lipinski definition) is 5. The number of benzene rings is 3. The normalized spacial score (nSPS) is 24.2. The fourth-order valence-electron chi connectivity index (χ4n) is 4.37. The Balaban J connectivity index is 1.51. The number of hydrogen-bond donors (Lipinski definition) is 1. The third kappa shape index (κ3) is 7.34. The van der Waals surface area contributed by atoms with Crippen LogP contribution in [0.15, 0.2) is 104 Å². The van der Waals surface area contributed by atoms with Gasteiger partial charge < -0.3 is 24.1 Å². The van der Waals surface area contributed by atoms with E-state index < -0.39 is 24.6 Å². The average Bonchev–Trinajstić information content (AvgIpc) is 2.90. The molecule has 5 nitrogen and oxygen atoms in total. The van der Waals surface area contributed by atoms with Crippen molar-refractivity contribution in [2.24, 2.45) is 5.92 Å². The van der Waals surface area contributed by atoms with E-state index in [1.165, 1.54) is 0 Å². The summed E-state index contributed by atoms with van der Waals surface area (Å²) >= 11 is 0. The second-order valence-electron chi connectivity index (χ2n) is 8.78. The minimum absolute atomic E-state index is 0.275. The molecule has 4 rings (SSSR count). The molecule has 35 heavy (non-hydrogen) atoms. The Morgan fingerprint density at radius 1 is 0.714 bits per heavy atom. The summed E-state index contributed by atoms with van der Waals surface area (Å²) in [5, 5.41) is 10.9. The van der Waals surface area contributed by atoms with Crippen LogP contribution in [0, 0.1) is 5.92 Å². The maximum Gasteiger partial charge on any atom is 0.160 e. The van der Waals surface area contributed by atoms with E-state index in [-0.39, 0.29) is 12.5 Å². The highest BCUT2D eigenvalue weighted by Gasteiger charge is 2.46. The maximum absolute atomic E-state index is 10.9. The maximum atomic E-state index is 10.9. The van der Waals surface area contributed by atoms with Crippen LogP contribution in [0.2, 0.25) is 0 Å². The molecule has 1 fully saturated rings. The van der Waals surface area contributed by atoms with Crippen molar-refractivity contribution in [2.45, 2.75) is 50.8 Å². The van der Waals surface area contributed by atoms with Gasteiger partial charge in [-0.1, -0.05) is 97.1 Å². The van der Waals surface area contributed by atoms with Crippen LogP contribution in [0.3, 0.4) is 0 Å². The predicted octanol–water partition coefficient (Wildman–Crippen LogP) is 5.28. The van der Waals surface area contributed by atoms with Crippen LogP contribution in [0.25, 0.3) is 0 Å². The lowest BCUT2D eigenvalue weighted by Gasteiger charge is -2.44. The van der Waals surface area contributed by atoms with Crippen molar-refractivity contribution in [3.05, 3.63) is 120 Å². The topological polar surface area (TPSA) is 57.2 Å². The molecule has 3 aromatic carbocycles. The number of rotatable bonds is 12. The molecule has 1 aliphatic rings. The quantitative estimate of drug-likeness (QED) is 0.362. The van der Waals surface area contributed by atoms with Gasteiger partial charge in [-0.15, -0.1) is 6.58 Å². The minimum Gasteiger partial charge on any atom is -0.374 e. The van der Waals surface area contributed by atoms with Gasteiger partial charge >= 0.3 is 0 Å². The molecule has 5 heteroatoms. The van der Waals surface area contributed by atoms with Gasteiger partial charge in [-0.2, -0.15) is 0 Å². The fraction of sp³-hybridized carbons (Fsp3) is 0.333. The molecule has 0 unspecified atom stereocenters. The molecule has 0 amide bonds. The lowest BCUT2D eigenvalue weighted by Crippen LogP contribution is -2.57. The zero-order valence-corrected chi connectivity index (χ0v) is 19.9. The van der Waals surface area contributed by atoms with Crippen molar-refractivity contribution in [1.82, 2.24) is 0 Å². The van der Waals surface area contributed by atoms with Crippen LogP contribution in [-0.4, -0.2) is 36.3 Å². The van der Waals surface area contributed by atoms with Gasteiger partial charge in [0.2, 0.25) is 0 Å². The summed E-state index contributed by atoms with van der Waals surface area (Å²) < 4.78 is 24.9. The van der Waals surface area contributed by atoms with Gasteiger partial charge in [-0.05, 0) is 23.1 Å². The second-order valence-corrected chi connectivity index (χ2v) is 8.78. The standard InChI is InChI=1S/C30H34O5/c1-2-12-26-28(33-20-24-15-8-4-9-16-24)29(34-21-25-17-10-5-11-18-25)27(35-30(26)31)22-32-19-23-13-6-3-7-14-23/h2-11,13-18,26-31H,1,12,19-22H2/t26-,27-,28-,29-,30+/m1/s1. The van der Waals surface area contributed by atoms with Gasteiger partial charge in [0.15, 0.2) is 6.29 Å². The van der Waals surface area contributed by atoms with E-state index in [1.807, 2.05) is 91.0 Å². The molecular weight excluding hydrogens is 440 g/mol. The van der Waals surface area contributed by atoms with Gasteiger partial charge in [-0.25, -0.2) is 0 Å². The van der Waals surface area contributed by atoms with E-state index in [9.17, 15) is 5.11 Å². The summed E-state index contributed by atoms with van der Waals surface area (Å²) in [4.78, 5) is 0. The highest BCUT2D eigenvalue weighted by molar-refractivity contribution is 5.15. The van der Waals surface area contributed by atoms with E-state index in [4.69, 9.17) is 18.9 Å². The Hall–Kier alpha value is -2.80. The molecule has 1 aliphatic heterocycles. The number of aliphatic hydroxyl groups is 1. The largest absolute Gasteiger partial charge is 0.374 e. The molecule has 3 aromatic rings. The number of aliphatic hydroxyl groups excluding tert-OH is 1. The van der Waals surface area contributed by atoms with Crippen LogP contribution in [-0.2, 0) is 38.8 Å². The average molecular weight is 475 g/mol. The van der Waals surface area contributed by atoms with Crippen molar-refractivity contribution in [3.8, 4) is 0 Å². The Labute approximate surface area is 207 Å². The van der Waals surface area contributed by atoms with Crippen LogP contribution >= 0.6 is 0 Å². The van der Waals surface area contributed by atoms with Crippen LogP contribution in [0.5, 0.6) is 0 Å². The van der Waals surface area contributed by atoms with E-state index in [2.05, 4.69) is 6.58 Å². The fourth-order valence-corrected chi connectivity index (χ4v) is 4.37. The SMILES string of the molecule is C=CC[C@@H]1[C@@H](OCc2ccccc2)[C@H](OCc2ccccc2)[C@@H](COCc2ccccc2)O[C@@H]1O. The Bertz CT molecular complexity index is 995. The van der Waals surface area contributed by atoms with Crippen LogP contribution in [0.4, 0.5) is 0 Å². The van der Waals surface area contributed by atoms with Gasteiger partial charge in [-0.3, -0.25) is 0 Å². The molecule has 0 spiro atoms. The van der Waals surface area contributed by atoms with Gasteiger partial charge in [0.25, 0.3) is 0 Å². The van der Waals surface area contributed by atoms with E-state index in [0.717, 1.165) is 16.7 Å². The summed E-state index contributed by atoms with van der Waals surface area (Å²) in [5.41, 5.74) is 3.20. The summed E-state index contributed by atoms with van der Waals surface area (Å²) in [6.07, 6.45) is 0.0176. The zero-order chi connectivity index (χ0) is 24.3. The molecule has 1 heterocycles. The molecule has 0 radical (unpaired) electrons. The summed E-state index contributed by atoms with van der Waals surface area (Å²) in [6.45, 7) is 5.42. The second kappa shape index (κ2) is 13.3. The highest BCUT2D eigenvalue weighted by Crippen LogP contribution is 2.33. The van der Waals surface area contributed by atoms with Gasteiger partial charge in [0, 0.05) is 5.92 Å². The first-order valence-electron chi connectivity index (χ1n) is 12.1. The molecular formula is C30H34O5. The zero-order valence-electron chi connectivity index (χ0n) is 19.9. The minimum atomic E-state index is -1.00. The van der Waals surface area contributed by atoms with Gasteiger partial charge in [0.05, 0.1) is 32.5 Å². The van der Waals surface area contributed by atoms with Crippen LogP contribution < -0.4 is 0 Å². The van der Waals surface area contributed by atoms with Crippen molar-refractivity contribution < 1.29 is 24.1 Å². The Morgan fingerprint density at radius 2 is 1.20 bits per heavy atom. The molecule has 0 bridgehead atoms. The molecule has 0 saturated carbocycles. The van der Waals surface area contributed by atoms with Crippen molar-refractivity contribution in [2.75, 3.05) is 6.61 Å². The molecule has 0 aliphatic carbocycles. The summed E-state index contributed by atoms with van der Waals surface area (Å²) in [7, 11) is 0. The molecule has 184 valence electrons. The first-order valence-corrected chi connectivity index (χ1v) is 12.1. The third-order valence-corrected chi connectivity index (χ3v) is 6.20. The first-order chi connectivity index (χ1) is 17.2. The smallest absolute Gasteiger partial charge is 0.160 e. The molecule has 1 saturated heterocycles. The first kappa shape index (κ1) is 25.3. The molecule has 5 atom stereocenters. The van der Waals surface area contributed by atoms with Crippen LogP contribution in [0.1, 0.15) is 23.1 Å². The summed E-state index contributed by atoms with van der Waals surface area (Å²) in [6, 6.07) is 30.0. The Kier molecular flexibility index (Phi) is 9.64. The third-order valence-electron chi connectivity index (χ3n) is 6.20. The molecule has 0 aromatic heterocycles. The van der Waals surface area contributed by atoms with Crippen molar-refractivity contribution in [3.63, 3.8) is 0 Å². The lowest BCUT2D eigenvalue weighted by molar-refractivity contribution is -0.292. The Morgan fingerprint density at radius 3 is 1.71 bits per heavy atom. The van der Waals surface area contributed by atoms with E-state index in [0.29, 0.717) is 26.2 Å². The monoisotopic (exact) mass is 474 g/mol. The number of allylic oxidation sites excluding steroid dienone is 1. The lowest BCUT2D eigenvalue weighted by atomic mass is 9.88. The molecule has 1 N–H and O–H groups in total. The summed E-state index contributed by atoms with van der Waals surface area (Å²) in [5.74, 6) is -0.303. The van der Waals surface area contributed by atoms with E-state index in [1.54, 1.807) is 6.08 Å². The van der Waals surface area contributed by atoms with E-state index >= 15 is 0 Å².